The molecule has 2 aromatic rings. The van der Waals surface area contributed by atoms with Gasteiger partial charge in [-0.05, 0) is 63.3 Å². The number of thiazole rings is 1. The van der Waals surface area contributed by atoms with Crippen LogP contribution in [0.25, 0.3) is 10.6 Å². The predicted molar refractivity (Wildman–Crippen MR) is 106 cm³/mol. The summed E-state index contributed by atoms with van der Waals surface area (Å²) >= 11 is 1.71. The second-order valence-corrected chi connectivity index (χ2v) is 8.29. The Balaban J connectivity index is 1.45. The predicted octanol–water partition coefficient (Wildman–Crippen LogP) is 4.13. The largest absolute Gasteiger partial charge is 0.497 e. The van der Waals surface area contributed by atoms with Gasteiger partial charge in [-0.1, -0.05) is 0 Å². The first-order valence-corrected chi connectivity index (χ1v) is 10.6. The van der Waals surface area contributed by atoms with Crippen molar-refractivity contribution in [2.75, 3.05) is 13.7 Å². The van der Waals surface area contributed by atoms with Gasteiger partial charge in [0.15, 0.2) is 0 Å². The van der Waals surface area contributed by atoms with Gasteiger partial charge in [0, 0.05) is 18.1 Å². The van der Waals surface area contributed by atoms with Gasteiger partial charge in [-0.2, -0.15) is 0 Å². The minimum Gasteiger partial charge on any atom is -0.497 e. The lowest BCUT2D eigenvalue weighted by atomic mass is 9.81. The van der Waals surface area contributed by atoms with Crippen LogP contribution in [-0.2, 0) is 16.0 Å². The lowest BCUT2D eigenvalue weighted by molar-refractivity contribution is -0.134. The van der Waals surface area contributed by atoms with Crippen molar-refractivity contribution in [1.82, 2.24) is 10.3 Å². The normalized spacial score (nSPS) is 24.0. The van der Waals surface area contributed by atoms with Crippen LogP contribution in [-0.4, -0.2) is 30.7 Å². The summed E-state index contributed by atoms with van der Waals surface area (Å²) in [7, 11) is 1.67. The van der Waals surface area contributed by atoms with Crippen LogP contribution < -0.4 is 10.1 Å². The van der Waals surface area contributed by atoms with Crippen LogP contribution >= 0.6 is 11.3 Å². The third kappa shape index (κ3) is 3.87. The average Bonchev–Trinajstić information content (AvgIpc) is 3.09. The zero-order valence-electron chi connectivity index (χ0n) is 15.9. The quantitative estimate of drug-likeness (QED) is 0.811. The number of fused-ring (bicyclic) bond motifs is 1. The van der Waals surface area contributed by atoms with E-state index in [0.29, 0.717) is 0 Å². The Morgan fingerprint density at radius 2 is 2.07 bits per heavy atom. The molecule has 1 heterocycles. The maximum absolute atomic E-state index is 12.6. The van der Waals surface area contributed by atoms with Crippen molar-refractivity contribution in [3.8, 4) is 16.3 Å². The van der Waals surface area contributed by atoms with Gasteiger partial charge in [0.25, 0.3) is 0 Å². The van der Waals surface area contributed by atoms with E-state index in [1.54, 1.807) is 18.4 Å². The van der Waals surface area contributed by atoms with Crippen molar-refractivity contribution >= 4 is 17.2 Å². The van der Waals surface area contributed by atoms with Gasteiger partial charge in [-0.15, -0.1) is 11.3 Å². The number of hydrogen-bond acceptors (Lipinski definition) is 5. The zero-order valence-corrected chi connectivity index (χ0v) is 16.7. The summed E-state index contributed by atoms with van der Waals surface area (Å²) in [6.07, 6.45) is 5.00. The Hall–Kier alpha value is -1.92. The maximum Gasteiger partial charge on any atom is 0.223 e. The number of methoxy groups -OCH3 is 1. The number of hydrogen-bond donors (Lipinski definition) is 1. The molecule has 1 aromatic heterocycles. The first-order chi connectivity index (χ1) is 13.2. The van der Waals surface area contributed by atoms with Gasteiger partial charge < -0.3 is 14.8 Å². The van der Waals surface area contributed by atoms with Crippen LogP contribution in [0, 0.1) is 5.92 Å². The van der Waals surface area contributed by atoms with Crippen LogP contribution in [0.1, 0.15) is 49.2 Å². The van der Waals surface area contributed by atoms with Crippen LogP contribution in [0.3, 0.4) is 0 Å². The van der Waals surface area contributed by atoms with Crippen LogP contribution in [0.4, 0.5) is 0 Å². The van der Waals surface area contributed by atoms with Crippen molar-refractivity contribution in [3.05, 3.63) is 34.8 Å². The van der Waals surface area contributed by atoms with E-state index >= 15 is 0 Å². The Kier molecular flexibility index (Phi) is 5.45. The fraction of sp³-hybridized carbons (Fsp3) is 0.524. The monoisotopic (exact) mass is 386 g/mol. The molecule has 1 aromatic carbocycles. The SMILES string of the molecule is CCOC1CC(C(=O)NC2CCCc3nc(-c4ccc(OC)cc4)sc32)C1. The van der Waals surface area contributed by atoms with Crippen molar-refractivity contribution in [1.29, 1.82) is 0 Å². The van der Waals surface area contributed by atoms with Gasteiger partial charge in [-0.3, -0.25) is 4.79 Å². The number of ether oxygens (including phenoxy) is 2. The third-order valence-corrected chi connectivity index (χ3v) is 6.73. The number of nitrogens with one attached hydrogen (secondary N) is 1. The Bertz CT molecular complexity index is 796. The zero-order chi connectivity index (χ0) is 18.8. The molecule has 5 nitrogen and oxygen atoms in total. The minimum atomic E-state index is 0.0943. The molecule has 0 bridgehead atoms. The van der Waals surface area contributed by atoms with E-state index in [9.17, 15) is 4.79 Å². The van der Waals surface area contributed by atoms with Crippen LogP contribution in [0.15, 0.2) is 24.3 Å². The molecular formula is C21H26N2O3S. The van der Waals surface area contributed by atoms with E-state index < -0.39 is 0 Å². The molecule has 1 atom stereocenters. The lowest BCUT2D eigenvalue weighted by Gasteiger charge is -2.35. The number of amides is 1. The van der Waals surface area contributed by atoms with Gasteiger partial charge in [0.2, 0.25) is 5.91 Å². The van der Waals surface area contributed by atoms with Crippen LogP contribution in [0.5, 0.6) is 5.75 Å². The second kappa shape index (κ2) is 7.98. The van der Waals surface area contributed by atoms with Gasteiger partial charge in [-0.25, -0.2) is 4.98 Å². The van der Waals surface area contributed by atoms with Crippen molar-refractivity contribution in [3.63, 3.8) is 0 Å². The standard InChI is InChI=1S/C21H26N2O3S/c1-3-26-16-11-14(12-16)20(24)22-17-5-4-6-18-19(17)27-21(23-18)13-7-9-15(25-2)10-8-13/h7-10,14,16-17H,3-6,11-12H2,1-2H3,(H,22,24). The smallest absolute Gasteiger partial charge is 0.223 e. The molecule has 0 aliphatic heterocycles. The first-order valence-electron chi connectivity index (χ1n) is 9.74. The number of aromatic nitrogens is 1. The molecule has 0 spiro atoms. The van der Waals surface area contributed by atoms with E-state index in [1.165, 1.54) is 4.88 Å². The number of aryl methyl sites for hydroxylation is 1. The number of benzene rings is 1. The Morgan fingerprint density at radius 1 is 1.30 bits per heavy atom. The molecule has 1 N–H and O–H groups in total. The summed E-state index contributed by atoms with van der Waals surface area (Å²) in [4.78, 5) is 18.7. The molecule has 1 saturated carbocycles. The molecule has 27 heavy (non-hydrogen) atoms. The fourth-order valence-corrected chi connectivity index (χ4v) is 5.06. The second-order valence-electron chi connectivity index (χ2n) is 7.26. The molecule has 4 rings (SSSR count). The number of rotatable bonds is 6. The van der Waals surface area contributed by atoms with E-state index in [1.807, 2.05) is 31.2 Å². The summed E-state index contributed by atoms with van der Waals surface area (Å²) in [5, 5.41) is 4.30. The van der Waals surface area contributed by atoms with E-state index in [-0.39, 0.29) is 24.0 Å². The van der Waals surface area contributed by atoms with E-state index in [0.717, 1.165) is 60.7 Å². The van der Waals surface area contributed by atoms with E-state index in [4.69, 9.17) is 14.5 Å². The molecule has 2 aliphatic carbocycles. The average molecular weight is 387 g/mol. The fourth-order valence-electron chi connectivity index (χ4n) is 3.86. The van der Waals surface area contributed by atoms with E-state index in [2.05, 4.69) is 5.32 Å². The number of carbonyl (C=O) groups is 1. The highest BCUT2D eigenvalue weighted by Gasteiger charge is 2.36. The van der Waals surface area contributed by atoms with Gasteiger partial charge >= 0.3 is 0 Å². The molecule has 0 saturated heterocycles. The highest BCUT2D eigenvalue weighted by molar-refractivity contribution is 7.15. The third-order valence-electron chi connectivity index (χ3n) is 5.47. The van der Waals surface area contributed by atoms with Crippen molar-refractivity contribution < 1.29 is 14.3 Å². The number of nitrogens with zero attached hydrogens (tertiary/aromatic N) is 1. The first kappa shape index (κ1) is 18.4. The highest BCUT2D eigenvalue weighted by atomic mass is 32.1. The summed E-state index contributed by atoms with van der Waals surface area (Å²) in [5.41, 5.74) is 2.24. The molecule has 1 amide bonds. The molecule has 2 aliphatic rings. The Labute approximate surface area is 164 Å². The van der Waals surface area contributed by atoms with Crippen LogP contribution in [0.2, 0.25) is 0 Å². The molecule has 1 fully saturated rings. The minimum absolute atomic E-state index is 0.0943. The summed E-state index contributed by atoms with van der Waals surface area (Å²) < 4.78 is 10.8. The number of carbonyl (C=O) groups excluding carboxylic acids is 1. The molecule has 0 radical (unpaired) electrons. The summed E-state index contributed by atoms with van der Waals surface area (Å²) in [6, 6.07) is 8.09. The molecule has 144 valence electrons. The molecular weight excluding hydrogens is 360 g/mol. The summed E-state index contributed by atoms with van der Waals surface area (Å²) in [6.45, 7) is 2.72. The van der Waals surface area contributed by atoms with Crippen molar-refractivity contribution in [2.45, 2.75) is 51.2 Å². The highest BCUT2D eigenvalue weighted by Crippen LogP contribution is 2.39. The van der Waals surface area contributed by atoms with Gasteiger partial charge in [0.05, 0.1) is 29.8 Å². The van der Waals surface area contributed by atoms with Gasteiger partial charge in [0.1, 0.15) is 10.8 Å². The molecule has 6 heteroatoms. The summed E-state index contributed by atoms with van der Waals surface area (Å²) in [5.74, 6) is 1.11. The van der Waals surface area contributed by atoms with Crippen molar-refractivity contribution in [2.24, 2.45) is 5.92 Å². The molecule has 1 unspecified atom stereocenters. The Morgan fingerprint density at radius 3 is 2.78 bits per heavy atom. The maximum atomic E-state index is 12.6. The lowest BCUT2D eigenvalue weighted by Crippen LogP contribution is -2.43. The topological polar surface area (TPSA) is 60.5 Å².